The number of carbonyl (C=O) groups excluding carboxylic acids is 6. The average molecular weight is 787 g/mol. The number of carbonyl (C=O) groups is 6. The maximum Gasteiger partial charge on any atom is 0.246 e. The van der Waals surface area contributed by atoms with Crippen molar-refractivity contribution in [1.29, 1.82) is 0 Å². The molecule has 3 aromatic carbocycles. The Kier molecular flexibility index (Phi) is 13.0. The van der Waals surface area contributed by atoms with Crippen molar-refractivity contribution in [1.82, 2.24) is 30.7 Å². The second-order valence-corrected chi connectivity index (χ2v) is 14.4. The van der Waals surface area contributed by atoms with Crippen LogP contribution in [0.15, 0.2) is 60.7 Å². The molecule has 16 nitrogen and oxygen atoms in total. The van der Waals surface area contributed by atoms with Crippen molar-refractivity contribution in [3.63, 3.8) is 0 Å². The van der Waals surface area contributed by atoms with E-state index in [4.69, 9.17) is 14.2 Å². The number of phenolic OH excluding ortho intramolecular Hbond substituents is 1. The molecule has 4 N–H and O–H groups in total. The summed E-state index contributed by atoms with van der Waals surface area (Å²) in [5, 5.41) is 19.1. The lowest BCUT2D eigenvalue weighted by Crippen LogP contribution is -2.61. The van der Waals surface area contributed by atoms with E-state index in [0.29, 0.717) is 22.6 Å². The first-order chi connectivity index (χ1) is 27.0. The van der Waals surface area contributed by atoms with E-state index in [0.717, 1.165) is 0 Å². The van der Waals surface area contributed by atoms with Gasteiger partial charge >= 0.3 is 0 Å². The van der Waals surface area contributed by atoms with Crippen LogP contribution in [0.4, 0.5) is 0 Å². The number of amides is 6. The number of methoxy groups -OCH3 is 2. The molecule has 6 bridgehead atoms. The average Bonchev–Trinajstić information content (AvgIpc) is 3.20. The Morgan fingerprint density at radius 2 is 1.25 bits per heavy atom. The van der Waals surface area contributed by atoms with Crippen molar-refractivity contribution in [2.24, 2.45) is 0 Å². The number of ether oxygens (including phenoxy) is 3. The van der Waals surface area contributed by atoms with E-state index in [-0.39, 0.29) is 42.1 Å². The van der Waals surface area contributed by atoms with Gasteiger partial charge in [0.15, 0.2) is 11.5 Å². The predicted molar refractivity (Wildman–Crippen MR) is 208 cm³/mol. The largest absolute Gasteiger partial charge is 0.508 e. The van der Waals surface area contributed by atoms with Crippen molar-refractivity contribution < 1.29 is 48.1 Å². The van der Waals surface area contributed by atoms with E-state index < -0.39 is 71.7 Å². The van der Waals surface area contributed by atoms with Crippen LogP contribution in [0.2, 0.25) is 0 Å². The molecule has 16 heteroatoms. The van der Waals surface area contributed by atoms with Crippen LogP contribution >= 0.6 is 0 Å². The topological polar surface area (TPSA) is 196 Å². The van der Waals surface area contributed by atoms with Gasteiger partial charge in [-0.1, -0.05) is 24.3 Å². The smallest absolute Gasteiger partial charge is 0.246 e. The van der Waals surface area contributed by atoms with Crippen LogP contribution < -0.4 is 30.2 Å². The summed E-state index contributed by atoms with van der Waals surface area (Å²) < 4.78 is 16.8. The minimum atomic E-state index is -1.32. The summed E-state index contributed by atoms with van der Waals surface area (Å²) in [5.41, 5.74) is 1.57. The number of likely N-dealkylation sites (N-methyl/N-ethyl adjacent to an activating group) is 3. The molecule has 3 aromatic rings. The van der Waals surface area contributed by atoms with Gasteiger partial charge in [-0.15, -0.1) is 0 Å². The van der Waals surface area contributed by atoms with Gasteiger partial charge in [0.05, 0.1) is 14.2 Å². The Hall–Kier alpha value is -6.32. The van der Waals surface area contributed by atoms with Gasteiger partial charge in [-0.05, 0) is 62.2 Å². The quantitative estimate of drug-likeness (QED) is 0.302. The highest BCUT2D eigenvalue weighted by molar-refractivity contribution is 5.98. The molecule has 3 aliphatic heterocycles. The summed E-state index contributed by atoms with van der Waals surface area (Å²) >= 11 is 0. The number of hydrogen-bond acceptors (Lipinski definition) is 10. The molecule has 6 atom stereocenters. The number of fused-ring (bicyclic) bond motifs is 2. The van der Waals surface area contributed by atoms with Gasteiger partial charge in [0.25, 0.3) is 0 Å². The zero-order chi connectivity index (χ0) is 41.7. The number of nitrogens with one attached hydrogen (secondary N) is 3. The van der Waals surface area contributed by atoms with Gasteiger partial charge in [0.2, 0.25) is 35.4 Å². The van der Waals surface area contributed by atoms with Crippen LogP contribution in [0.25, 0.3) is 0 Å². The van der Waals surface area contributed by atoms with E-state index in [1.165, 1.54) is 83.0 Å². The van der Waals surface area contributed by atoms with E-state index in [9.17, 15) is 33.9 Å². The molecule has 6 amide bonds. The fourth-order valence-corrected chi connectivity index (χ4v) is 6.89. The van der Waals surface area contributed by atoms with Crippen LogP contribution in [-0.4, -0.2) is 127 Å². The SMILES string of the molecule is COc1ccc(C[C@H]2C(=O)N[C@@H](C)C(=O)N(C)[C@H]3Cc4ccc(cc4)Oc4cc(c(O)cc4OC)C[C@@H](C(=O)N[C@@H](C)C(=O)N[C@@H](C)C(=O)N2C)N(C)C3=O)cc1. The fraction of sp³-hybridized carbons (Fsp3) is 0.415. The molecular formula is C41H50N6O10. The van der Waals surface area contributed by atoms with Crippen molar-refractivity contribution in [2.75, 3.05) is 35.4 Å². The number of rotatable bonds is 4. The normalized spacial score (nSPS) is 24.1. The lowest BCUT2D eigenvalue weighted by Gasteiger charge is -2.37. The number of aromatic hydroxyl groups is 1. The van der Waals surface area contributed by atoms with Gasteiger partial charge in [0.1, 0.15) is 53.5 Å². The molecule has 0 aliphatic carbocycles. The van der Waals surface area contributed by atoms with E-state index in [1.54, 1.807) is 48.5 Å². The lowest BCUT2D eigenvalue weighted by atomic mass is 9.98. The molecule has 3 aliphatic rings. The first kappa shape index (κ1) is 41.8. The molecule has 1 fully saturated rings. The zero-order valence-electron chi connectivity index (χ0n) is 33.3. The van der Waals surface area contributed by atoms with Crippen LogP contribution in [0, 0.1) is 0 Å². The molecule has 3 heterocycles. The second kappa shape index (κ2) is 17.6. The maximum atomic E-state index is 14.7. The molecule has 1 saturated heterocycles. The molecule has 0 spiro atoms. The van der Waals surface area contributed by atoms with E-state index >= 15 is 0 Å². The second-order valence-electron chi connectivity index (χ2n) is 14.4. The van der Waals surface area contributed by atoms with Crippen LogP contribution in [0.3, 0.4) is 0 Å². The van der Waals surface area contributed by atoms with Crippen molar-refractivity contribution in [2.45, 2.75) is 76.3 Å². The monoisotopic (exact) mass is 786 g/mol. The molecule has 0 aromatic heterocycles. The number of hydrogen-bond donors (Lipinski definition) is 4. The third-order valence-electron chi connectivity index (χ3n) is 10.5. The highest BCUT2D eigenvalue weighted by Crippen LogP contribution is 2.38. The minimum Gasteiger partial charge on any atom is -0.508 e. The predicted octanol–water partition coefficient (Wildman–Crippen LogP) is 1.55. The molecule has 0 saturated carbocycles. The van der Waals surface area contributed by atoms with Gasteiger partial charge in [-0.2, -0.15) is 0 Å². The Morgan fingerprint density at radius 3 is 1.86 bits per heavy atom. The van der Waals surface area contributed by atoms with Gasteiger partial charge in [0, 0.05) is 52.0 Å². The number of phenols is 1. The third kappa shape index (κ3) is 9.39. The van der Waals surface area contributed by atoms with Crippen molar-refractivity contribution in [3.8, 4) is 28.7 Å². The van der Waals surface area contributed by atoms with Crippen molar-refractivity contribution >= 4 is 35.4 Å². The van der Waals surface area contributed by atoms with E-state index in [2.05, 4.69) is 16.0 Å². The van der Waals surface area contributed by atoms with Crippen LogP contribution in [0.1, 0.15) is 37.5 Å². The summed E-state index contributed by atoms with van der Waals surface area (Å²) in [6.45, 7) is 4.36. The summed E-state index contributed by atoms with van der Waals surface area (Å²) in [5.74, 6) is -2.67. The van der Waals surface area contributed by atoms with E-state index in [1.807, 2.05) is 0 Å². The highest BCUT2D eigenvalue weighted by atomic mass is 16.5. The van der Waals surface area contributed by atoms with Crippen LogP contribution in [-0.2, 0) is 48.0 Å². The molecule has 0 unspecified atom stereocenters. The maximum absolute atomic E-state index is 14.7. The summed E-state index contributed by atoms with van der Waals surface area (Å²) in [6, 6.07) is 9.50. The first-order valence-electron chi connectivity index (χ1n) is 18.5. The number of benzene rings is 3. The van der Waals surface area contributed by atoms with Gasteiger partial charge in [-0.25, -0.2) is 0 Å². The minimum absolute atomic E-state index is 0.00853. The number of nitrogens with zero attached hydrogens (tertiary/aromatic N) is 3. The molecular weight excluding hydrogens is 736 g/mol. The van der Waals surface area contributed by atoms with Gasteiger partial charge < -0.3 is 50.0 Å². The standard InChI is InChI=1S/C41H50N6O10/c1-22-36(49)43-23(2)39(52)45(4)30(17-25-9-13-28(55-7)14-10-25)37(50)44-24(3)40(53)47(6)32-18-26-11-15-29(16-12-26)57-35-20-27(33(48)21-34(35)56-8)19-31(38(51)42-22)46(5)41(32)54/h9-16,20-24,30-32,48H,17-19H2,1-8H3,(H,42,51)(H,43,49)(H,44,50)/t22-,23-,24-,30-,31-,32-/m0/s1. The third-order valence-corrected chi connectivity index (χ3v) is 10.5. The molecule has 6 rings (SSSR count). The zero-order valence-corrected chi connectivity index (χ0v) is 33.3. The lowest BCUT2D eigenvalue weighted by molar-refractivity contribution is -0.149. The van der Waals surface area contributed by atoms with Crippen LogP contribution in [0.5, 0.6) is 28.7 Å². The Bertz CT molecular complexity index is 2010. The Labute approximate surface area is 331 Å². The Morgan fingerprint density at radius 1 is 0.667 bits per heavy atom. The summed E-state index contributed by atoms with van der Waals surface area (Å²) in [4.78, 5) is 88.1. The Balaban J connectivity index is 1.59. The molecule has 304 valence electrons. The summed E-state index contributed by atoms with van der Waals surface area (Å²) in [6.07, 6.45) is -0.174. The highest BCUT2D eigenvalue weighted by Gasteiger charge is 2.39. The molecule has 0 radical (unpaired) electrons. The van der Waals surface area contributed by atoms with Gasteiger partial charge in [-0.3, -0.25) is 28.8 Å². The first-order valence-corrected chi connectivity index (χ1v) is 18.5. The fourth-order valence-electron chi connectivity index (χ4n) is 6.89. The molecule has 57 heavy (non-hydrogen) atoms. The summed E-state index contributed by atoms with van der Waals surface area (Å²) in [7, 11) is 7.22. The van der Waals surface area contributed by atoms with Crippen molar-refractivity contribution in [3.05, 3.63) is 77.4 Å².